The second-order valence-electron chi connectivity index (χ2n) is 4.70. The third-order valence-corrected chi connectivity index (χ3v) is 2.69. The summed E-state index contributed by atoms with van der Waals surface area (Å²) in [4.78, 5) is 0. The van der Waals surface area contributed by atoms with Crippen molar-refractivity contribution in [3.05, 3.63) is 0 Å². The molecule has 0 aliphatic carbocycles. The van der Waals surface area contributed by atoms with Crippen LogP contribution in [0.4, 0.5) is 0 Å². The molecule has 3 unspecified atom stereocenters. The van der Waals surface area contributed by atoms with E-state index in [-0.39, 0.29) is 13.2 Å². The average Bonchev–Trinajstić information content (AvgIpc) is 3.20. The van der Waals surface area contributed by atoms with E-state index in [0.29, 0.717) is 25.6 Å². The van der Waals surface area contributed by atoms with Crippen molar-refractivity contribution < 1.29 is 29.9 Å². The molecule has 2 heterocycles. The number of ether oxygens (including phenoxy) is 2. The van der Waals surface area contributed by atoms with Crippen LogP contribution in [0.15, 0.2) is 0 Å². The summed E-state index contributed by atoms with van der Waals surface area (Å²) in [5.41, 5.74) is -0.524. The number of aliphatic hydroxyl groups excluding tert-OH is 4. The van der Waals surface area contributed by atoms with Crippen LogP contribution in [0.5, 0.6) is 0 Å². The van der Waals surface area contributed by atoms with Crippen molar-refractivity contribution in [2.24, 2.45) is 0 Å². The minimum atomic E-state index is -0.812. The summed E-state index contributed by atoms with van der Waals surface area (Å²) in [6.07, 6.45) is -0.428. The van der Waals surface area contributed by atoms with Crippen LogP contribution in [0.1, 0.15) is 19.8 Å². The topological polar surface area (TPSA) is 106 Å². The van der Waals surface area contributed by atoms with E-state index in [2.05, 4.69) is 6.92 Å². The van der Waals surface area contributed by atoms with Crippen LogP contribution in [-0.4, -0.2) is 70.8 Å². The van der Waals surface area contributed by atoms with Gasteiger partial charge in [0, 0.05) is 12.8 Å². The molecule has 6 heteroatoms. The number of hydrogen-bond donors (Lipinski definition) is 4. The van der Waals surface area contributed by atoms with Crippen molar-refractivity contribution in [2.75, 3.05) is 26.4 Å². The monoisotopic (exact) mass is 250 g/mol. The molecule has 0 saturated carbocycles. The van der Waals surface area contributed by atoms with Crippen molar-refractivity contribution in [3.8, 4) is 0 Å². The Kier molecular flexibility index (Phi) is 5.78. The predicted octanol–water partition coefficient (Wildman–Crippen LogP) is -1.35. The van der Waals surface area contributed by atoms with E-state index in [1.165, 1.54) is 0 Å². The summed E-state index contributed by atoms with van der Waals surface area (Å²) >= 11 is 0. The molecule has 0 aromatic rings. The quantitative estimate of drug-likeness (QED) is 0.434. The van der Waals surface area contributed by atoms with Crippen LogP contribution in [0, 0.1) is 0 Å². The van der Waals surface area contributed by atoms with Crippen LogP contribution in [-0.2, 0) is 9.47 Å². The van der Waals surface area contributed by atoms with E-state index in [9.17, 15) is 0 Å². The third-order valence-electron chi connectivity index (χ3n) is 2.69. The first-order chi connectivity index (χ1) is 8.01. The zero-order valence-electron chi connectivity index (χ0n) is 10.1. The largest absolute Gasteiger partial charge is 0.394 e. The Bertz CT molecular complexity index is 200. The van der Waals surface area contributed by atoms with Crippen molar-refractivity contribution in [1.82, 2.24) is 0 Å². The highest BCUT2D eigenvalue weighted by Crippen LogP contribution is 2.36. The molecule has 3 atom stereocenters. The average molecular weight is 250 g/mol. The standard InChI is InChI=1S/C8H16O5.C3H6O/c9-3-6(11)1-8(5-13-8)2-7(12)4-10;1-3-2-4-3/h6-7,9-12H,1-5H2;3H,2H2,1H3. The molecule has 4 N–H and O–H groups in total. The van der Waals surface area contributed by atoms with Gasteiger partial charge in [0.25, 0.3) is 0 Å². The molecule has 0 radical (unpaired) electrons. The maximum Gasteiger partial charge on any atom is 0.0967 e. The fraction of sp³-hybridized carbons (Fsp3) is 1.00. The molecule has 0 aromatic heterocycles. The van der Waals surface area contributed by atoms with Gasteiger partial charge in [0.1, 0.15) is 0 Å². The van der Waals surface area contributed by atoms with Crippen LogP contribution in [0.2, 0.25) is 0 Å². The predicted molar refractivity (Wildman–Crippen MR) is 59.5 cm³/mol. The van der Waals surface area contributed by atoms with Gasteiger partial charge in [-0.2, -0.15) is 0 Å². The SMILES string of the molecule is CC1CO1.OCC(O)CC1(CC(O)CO)CO1. The molecule has 2 saturated heterocycles. The van der Waals surface area contributed by atoms with Crippen molar-refractivity contribution >= 4 is 0 Å². The van der Waals surface area contributed by atoms with Gasteiger partial charge in [-0.1, -0.05) is 0 Å². The highest BCUT2D eigenvalue weighted by Gasteiger charge is 2.47. The highest BCUT2D eigenvalue weighted by molar-refractivity contribution is 4.95. The van der Waals surface area contributed by atoms with Gasteiger partial charge >= 0.3 is 0 Å². The lowest BCUT2D eigenvalue weighted by Crippen LogP contribution is -2.29. The second-order valence-corrected chi connectivity index (χ2v) is 4.70. The lowest BCUT2D eigenvalue weighted by molar-refractivity contribution is 0.0323. The highest BCUT2D eigenvalue weighted by atomic mass is 16.6. The minimum absolute atomic E-state index is 0.305. The molecule has 2 rings (SSSR count). The van der Waals surface area contributed by atoms with Gasteiger partial charge < -0.3 is 29.9 Å². The van der Waals surface area contributed by atoms with Gasteiger partial charge in [0.15, 0.2) is 0 Å². The Hall–Kier alpha value is -0.240. The van der Waals surface area contributed by atoms with Crippen LogP contribution in [0.3, 0.4) is 0 Å². The van der Waals surface area contributed by atoms with Crippen LogP contribution < -0.4 is 0 Å². The molecular formula is C11H22O6. The molecule has 2 aliphatic heterocycles. The van der Waals surface area contributed by atoms with Crippen molar-refractivity contribution in [2.45, 2.75) is 43.7 Å². The van der Waals surface area contributed by atoms with Gasteiger partial charge in [-0.05, 0) is 6.92 Å². The zero-order valence-corrected chi connectivity index (χ0v) is 10.1. The first kappa shape index (κ1) is 14.8. The molecule has 0 aromatic carbocycles. The Morgan fingerprint density at radius 3 is 1.71 bits per heavy atom. The van der Waals surface area contributed by atoms with Crippen LogP contribution in [0.25, 0.3) is 0 Å². The van der Waals surface area contributed by atoms with Gasteiger partial charge in [-0.3, -0.25) is 0 Å². The summed E-state index contributed by atoms with van der Waals surface area (Å²) in [6, 6.07) is 0. The number of rotatable bonds is 6. The van der Waals surface area contributed by atoms with Crippen LogP contribution >= 0.6 is 0 Å². The Morgan fingerprint density at radius 2 is 1.53 bits per heavy atom. The Labute approximate surface area is 101 Å². The lowest BCUT2D eigenvalue weighted by atomic mass is 9.96. The van der Waals surface area contributed by atoms with E-state index in [1.54, 1.807) is 0 Å². The summed E-state index contributed by atoms with van der Waals surface area (Å²) in [7, 11) is 0. The molecule has 6 nitrogen and oxygen atoms in total. The normalized spacial score (nSPS) is 33.4. The van der Waals surface area contributed by atoms with Gasteiger partial charge in [0.05, 0.1) is 50.3 Å². The van der Waals surface area contributed by atoms with Gasteiger partial charge in [-0.25, -0.2) is 0 Å². The molecule has 2 fully saturated rings. The first-order valence-corrected chi connectivity index (χ1v) is 5.85. The molecule has 2 aliphatic rings. The maximum atomic E-state index is 9.15. The van der Waals surface area contributed by atoms with Crippen molar-refractivity contribution in [3.63, 3.8) is 0 Å². The van der Waals surface area contributed by atoms with E-state index in [1.807, 2.05) is 0 Å². The van der Waals surface area contributed by atoms with E-state index in [4.69, 9.17) is 29.9 Å². The van der Waals surface area contributed by atoms with Crippen molar-refractivity contribution in [1.29, 1.82) is 0 Å². The zero-order chi connectivity index (χ0) is 12.9. The maximum absolute atomic E-state index is 9.15. The lowest BCUT2D eigenvalue weighted by Gasteiger charge is -2.17. The van der Waals surface area contributed by atoms with Gasteiger partial charge in [0.2, 0.25) is 0 Å². The van der Waals surface area contributed by atoms with Gasteiger partial charge in [-0.15, -0.1) is 0 Å². The fourth-order valence-corrected chi connectivity index (χ4v) is 1.51. The Morgan fingerprint density at radius 1 is 1.18 bits per heavy atom. The molecule has 0 bridgehead atoms. The first-order valence-electron chi connectivity index (χ1n) is 5.85. The summed E-state index contributed by atoms with van der Waals surface area (Å²) in [5.74, 6) is 0. The summed E-state index contributed by atoms with van der Waals surface area (Å²) in [6.45, 7) is 2.90. The van der Waals surface area contributed by atoms with E-state index >= 15 is 0 Å². The number of aliphatic hydroxyl groups is 4. The van der Waals surface area contributed by atoms with E-state index < -0.39 is 17.8 Å². The molecule has 102 valence electrons. The summed E-state index contributed by atoms with van der Waals surface area (Å²) in [5, 5.41) is 35.5. The molecule has 17 heavy (non-hydrogen) atoms. The fourth-order valence-electron chi connectivity index (χ4n) is 1.51. The molecule has 0 amide bonds. The second kappa shape index (κ2) is 6.63. The van der Waals surface area contributed by atoms with E-state index in [0.717, 1.165) is 6.61 Å². The number of hydrogen-bond acceptors (Lipinski definition) is 6. The smallest absolute Gasteiger partial charge is 0.0967 e. The third kappa shape index (κ3) is 6.30. The summed E-state index contributed by atoms with van der Waals surface area (Å²) < 4.78 is 9.81. The molecule has 0 spiro atoms. The Balaban J connectivity index is 0.000000302. The molecular weight excluding hydrogens is 228 g/mol. The minimum Gasteiger partial charge on any atom is -0.394 e. The number of epoxide rings is 2.